The third kappa shape index (κ3) is 3.12. The minimum Gasteiger partial charge on any atom is -0.478 e. The van der Waals surface area contributed by atoms with E-state index in [9.17, 15) is 13.2 Å². The van der Waals surface area contributed by atoms with Crippen LogP contribution in [-0.4, -0.2) is 24.5 Å². The smallest absolute Gasteiger partial charge is 0.337 e. The third-order valence-corrected chi connectivity index (χ3v) is 5.43. The second kappa shape index (κ2) is 5.69. The molecule has 0 spiro atoms. The van der Waals surface area contributed by atoms with E-state index in [0.717, 1.165) is 12.1 Å². The fraction of sp³-hybridized carbons (Fsp3) is 0.0909. The van der Waals surface area contributed by atoms with Crippen molar-refractivity contribution >= 4 is 50.3 Å². The zero-order chi connectivity index (χ0) is 14.9. The van der Waals surface area contributed by atoms with E-state index in [1.165, 1.54) is 16.8 Å². The van der Waals surface area contributed by atoms with Crippen molar-refractivity contribution in [3.8, 4) is 0 Å². The molecular weight excluding hydrogens is 345 g/mol. The van der Waals surface area contributed by atoms with E-state index in [1.807, 2.05) is 0 Å². The number of sulfone groups is 1. The van der Waals surface area contributed by atoms with Gasteiger partial charge in [0.25, 0.3) is 0 Å². The van der Waals surface area contributed by atoms with Gasteiger partial charge < -0.3 is 5.11 Å². The molecule has 1 aromatic carbocycles. The van der Waals surface area contributed by atoms with Gasteiger partial charge in [-0.05, 0) is 12.1 Å². The Hall–Kier alpha value is -1.15. The van der Waals surface area contributed by atoms with Crippen LogP contribution in [0.1, 0.15) is 16.1 Å². The summed E-state index contributed by atoms with van der Waals surface area (Å²) in [4.78, 5) is 14.6. The van der Waals surface area contributed by atoms with Crippen molar-refractivity contribution in [3.05, 3.63) is 44.3 Å². The molecule has 1 aromatic heterocycles. The molecule has 0 bridgehead atoms. The average Bonchev–Trinajstić information content (AvgIpc) is 2.83. The quantitative estimate of drug-likeness (QED) is 0.914. The Balaban J connectivity index is 2.54. The Morgan fingerprint density at radius 1 is 1.35 bits per heavy atom. The van der Waals surface area contributed by atoms with E-state index in [2.05, 4.69) is 4.98 Å². The van der Waals surface area contributed by atoms with Gasteiger partial charge in [0.15, 0.2) is 9.84 Å². The number of thiazole rings is 1. The van der Waals surface area contributed by atoms with E-state index in [4.69, 9.17) is 28.3 Å². The molecule has 2 rings (SSSR count). The van der Waals surface area contributed by atoms with E-state index < -0.39 is 15.8 Å². The summed E-state index contributed by atoms with van der Waals surface area (Å²) >= 11 is 12.9. The Kier molecular flexibility index (Phi) is 4.33. The van der Waals surface area contributed by atoms with Crippen molar-refractivity contribution in [2.24, 2.45) is 0 Å². The number of rotatable bonds is 4. The van der Waals surface area contributed by atoms with Gasteiger partial charge in [0.1, 0.15) is 0 Å². The minimum absolute atomic E-state index is 0.0105. The molecule has 0 aliphatic rings. The van der Waals surface area contributed by atoms with Gasteiger partial charge in [-0.1, -0.05) is 23.2 Å². The summed E-state index contributed by atoms with van der Waals surface area (Å²) in [6, 6.07) is 2.24. The maximum atomic E-state index is 12.3. The van der Waals surface area contributed by atoms with Crippen LogP contribution in [0.3, 0.4) is 0 Å². The number of benzene rings is 1. The largest absolute Gasteiger partial charge is 0.478 e. The highest BCUT2D eigenvalue weighted by Gasteiger charge is 2.24. The molecule has 0 aliphatic heterocycles. The molecule has 9 heteroatoms. The fourth-order valence-corrected chi connectivity index (χ4v) is 4.41. The van der Waals surface area contributed by atoms with Gasteiger partial charge in [0.2, 0.25) is 0 Å². The molecule has 0 unspecified atom stereocenters. The highest BCUT2D eigenvalue weighted by molar-refractivity contribution is 7.90. The molecule has 2 aromatic rings. The van der Waals surface area contributed by atoms with Crippen LogP contribution in [-0.2, 0) is 15.6 Å². The summed E-state index contributed by atoms with van der Waals surface area (Å²) in [5, 5.41) is 10.2. The maximum Gasteiger partial charge on any atom is 0.337 e. The Bertz CT molecular complexity index is 757. The summed E-state index contributed by atoms with van der Waals surface area (Å²) in [6.45, 7) is 0. The van der Waals surface area contributed by atoms with Crippen molar-refractivity contribution in [1.82, 2.24) is 4.98 Å². The Morgan fingerprint density at radius 2 is 2.05 bits per heavy atom. The van der Waals surface area contributed by atoms with E-state index in [0.29, 0.717) is 5.69 Å². The molecule has 0 amide bonds. The summed E-state index contributed by atoms with van der Waals surface area (Å²) in [5.41, 5.74) is 1.52. The van der Waals surface area contributed by atoms with Gasteiger partial charge in [-0.25, -0.2) is 18.2 Å². The van der Waals surface area contributed by atoms with Gasteiger partial charge in [-0.2, -0.15) is 0 Å². The molecule has 106 valence electrons. The number of aromatic nitrogens is 1. The molecule has 0 saturated heterocycles. The number of hydrogen-bond donors (Lipinski definition) is 1. The van der Waals surface area contributed by atoms with E-state index in [-0.39, 0.29) is 26.3 Å². The predicted octanol–water partition coefficient (Wildman–Crippen LogP) is 3.12. The van der Waals surface area contributed by atoms with Crippen LogP contribution in [0.4, 0.5) is 0 Å². The second-order valence-electron chi connectivity index (χ2n) is 3.81. The SMILES string of the molecule is O=C(O)c1cc(Cl)cc(S(=O)(=O)Cc2cscn2)c1Cl. The molecule has 0 radical (unpaired) electrons. The molecule has 0 saturated carbocycles. The topological polar surface area (TPSA) is 84.3 Å². The second-order valence-corrected chi connectivity index (χ2v) is 7.30. The standard InChI is InChI=1S/C11H7Cl2NO4S2/c12-6-1-8(11(15)16)10(13)9(2-6)20(17,18)4-7-3-19-5-14-7/h1-3,5H,4H2,(H,15,16). The monoisotopic (exact) mass is 351 g/mol. The highest BCUT2D eigenvalue weighted by Crippen LogP contribution is 2.31. The Morgan fingerprint density at radius 3 is 2.60 bits per heavy atom. The lowest BCUT2D eigenvalue weighted by Crippen LogP contribution is -2.09. The Labute approximate surface area is 128 Å². The average molecular weight is 352 g/mol. The predicted molar refractivity (Wildman–Crippen MR) is 76.4 cm³/mol. The summed E-state index contributed by atoms with van der Waals surface area (Å²) in [5.74, 6) is -1.71. The van der Waals surface area contributed by atoms with Crippen LogP contribution in [0, 0.1) is 0 Å². The van der Waals surface area contributed by atoms with Crippen LogP contribution >= 0.6 is 34.5 Å². The normalized spacial score (nSPS) is 11.5. The first-order valence-corrected chi connectivity index (χ1v) is 8.48. The number of aromatic carboxylic acids is 1. The molecule has 5 nitrogen and oxygen atoms in total. The fourth-order valence-electron chi connectivity index (χ4n) is 1.53. The number of halogens is 2. The summed E-state index contributed by atoms with van der Waals surface area (Å²) in [7, 11) is -3.83. The first kappa shape index (κ1) is 15.2. The van der Waals surface area contributed by atoms with E-state index >= 15 is 0 Å². The van der Waals surface area contributed by atoms with Gasteiger partial charge in [-0.15, -0.1) is 11.3 Å². The molecular formula is C11H7Cl2NO4S2. The molecule has 1 heterocycles. The zero-order valence-electron chi connectivity index (χ0n) is 9.71. The highest BCUT2D eigenvalue weighted by atomic mass is 35.5. The van der Waals surface area contributed by atoms with Crippen LogP contribution in [0.25, 0.3) is 0 Å². The van der Waals surface area contributed by atoms with Crippen molar-refractivity contribution in [1.29, 1.82) is 0 Å². The maximum absolute atomic E-state index is 12.3. The number of carboxylic acid groups (broad SMARTS) is 1. The van der Waals surface area contributed by atoms with Crippen LogP contribution < -0.4 is 0 Å². The van der Waals surface area contributed by atoms with Crippen molar-refractivity contribution in [2.75, 3.05) is 0 Å². The number of nitrogens with zero attached hydrogens (tertiary/aromatic N) is 1. The number of carboxylic acids is 1. The lowest BCUT2D eigenvalue weighted by Gasteiger charge is -2.08. The van der Waals surface area contributed by atoms with Crippen LogP contribution in [0.2, 0.25) is 10.0 Å². The lowest BCUT2D eigenvalue weighted by atomic mass is 10.2. The minimum atomic E-state index is -3.83. The molecule has 0 atom stereocenters. The van der Waals surface area contributed by atoms with Gasteiger partial charge >= 0.3 is 5.97 Å². The van der Waals surface area contributed by atoms with Gasteiger partial charge in [0, 0.05) is 10.4 Å². The van der Waals surface area contributed by atoms with Gasteiger partial charge in [0.05, 0.1) is 32.4 Å². The van der Waals surface area contributed by atoms with Gasteiger partial charge in [-0.3, -0.25) is 0 Å². The van der Waals surface area contributed by atoms with E-state index in [1.54, 1.807) is 5.38 Å². The third-order valence-electron chi connectivity index (χ3n) is 2.39. The van der Waals surface area contributed by atoms with Crippen LogP contribution in [0.5, 0.6) is 0 Å². The van der Waals surface area contributed by atoms with Crippen molar-refractivity contribution in [3.63, 3.8) is 0 Å². The molecule has 0 fully saturated rings. The number of hydrogen-bond acceptors (Lipinski definition) is 5. The summed E-state index contributed by atoms with van der Waals surface area (Å²) in [6.07, 6.45) is 0. The number of carbonyl (C=O) groups is 1. The lowest BCUT2D eigenvalue weighted by molar-refractivity contribution is 0.0697. The zero-order valence-corrected chi connectivity index (χ0v) is 12.9. The molecule has 20 heavy (non-hydrogen) atoms. The van der Waals surface area contributed by atoms with Crippen molar-refractivity contribution in [2.45, 2.75) is 10.6 Å². The first-order valence-electron chi connectivity index (χ1n) is 5.13. The van der Waals surface area contributed by atoms with Crippen LogP contribution in [0.15, 0.2) is 27.9 Å². The van der Waals surface area contributed by atoms with Crippen molar-refractivity contribution < 1.29 is 18.3 Å². The molecule has 0 aliphatic carbocycles. The first-order chi connectivity index (χ1) is 9.31. The molecule has 1 N–H and O–H groups in total. The summed E-state index contributed by atoms with van der Waals surface area (Å²) < 4.78 is 24.6.